The second-order valence-corrected chi connectivity index (χ2v) is 44.4. The second-order valence-electron chi connectivity index (χ2n) is 30.5. The Hall–Kier alpha value is -8.86. The molecule has 0 bridgehead atoms. The van der Waals surface area contributed by atoms with E-state index in [0.717, 1.165) is 122 Å². The van der Waals surface area contributed by atoms with Crippen LogP contribution >= 0.6 is 86.8 Å². The van der Waals surface area contributed by atoms with Crippen LogP contribution in [0, 0.1) is 0 Å². The van der Waals surface area contributed by atoms with Crippen LogP contribution in [0.1, 0.15) is 100.0 Å². The minimum Gasteiger partial charge on any atom is -1.00 e. The molecule has 34 nitrogen and oxygen atoms in total. The van der Waals surface area contributed by atoms with Crippen LogP contribution in [0.15, 0.2) is 255 Å². The van der Waals surface area contributed by atoms with E-state index in [4.69, 9.17) is 55.4 Å². The van der Waals surface area contributed by atoms with E-state index < -0.39 is 62.2 Å². The standard InChI is InChI=1S/C27H28N2O5S.C20H20BrNO5S.C11H10BrNO4S.C11H9BrO2.C10H10BrNO3S.C10H12O3.C7H10BNO2.CH3ClO2S.CH4O.B.ClH.2Li.Na.H2O.2H/c1-3-33-27(30)16-22-8-4-5-10-26(22)34-18-20-14-24(21-9-6-7-19(13-21)17-28)23-11-12-29(25(23)15-20)35(2,31)32;1-3-26-20(23)12-15-6-4-5-7-19(15)27-13-14-10-17(21)16-8-9-22(18(16)11-14)28(2,24)25;1-17-11(14)7-5-9(12)8-3-4-13(10(8)6-7)18(2,15)16;1-14-11(13)8-5-7-3-2-4-9(7)10(12)6-8;1-16(14,15)12-3-2-8-9(11)4-7(6-13)5-10(8)12;1-2-13-10(12)7-8-5-3-4-6-9(8)11;9-5-6-2-1-3-7(4-6)8(10)11;1-5(2,3)4;1-2;;;;;;;;/h4-15H,3,16-18,28H2,1-2H3;4-11H,3,12-13H2,1-2H3;3-6H,1-2H3;2,4-6H,3H2,1H3;2-5,13H,6H2,1H3;3-6,11H,2,7H2,1H3;1-4,10-11H,5,9H2;1H3;2H,1H3;;1H;;;;1H2;;/q;;;;;;;;;;;3*+1;;2*-1/p-1. The average molecular weight is 2430 g/mol. The Morgan fingerprint density at radius 1 is 0.453 bits per heavy atom. The van der Waals surface area contributed by atoms with Crippen molar-refractivity contribution in [1.82, 2.24) is 15.9 Å². The number of ether oxygens (including phenoxy) is 7. The molecule has 781 valence electrons. The third-order valence-corrected chi connectivity index (χ3v) is 26.8. The maximum atomic E-state index is 12.4. The summed E-state index contributed by atoms with van der Waals surface area (Å²) in [6, 6.07) is 60.8. The maximum absolute atomic E-state index is 12.4. The molecular weight excluding hydrogens is 2320 g/mol. The van der Waals surface area contributed by atoms with Gasteiger partial charge < -0.3 is 78.3 Å². The Morgan fingerprint density at radius 3 is 1.21 bits per heavy atom. The molecule has 148 heavy (non-hydrogen) atoms. The molecule has 4 heterocycles. The maximum Gasteiger partial charge on any atom is 1.00 e. The van der Waals surface area contributed by atoms with Crippen LogP contribution in [0.2, 0.25) is 0 Å². The number of halogens is 6. The fraction of sp³-hybridized carbons (Fsp3) is 0.235. The summed E-state index contributed by atoms with van der Waals surface area (Å²) in [5, 5.41) is 46.1. The van der Waals surface area contributed by atoms with Crippen molar-refractivity contribution >= 4 is 236 Å². The van der Waals surface area contributed by atoms with Crippen LogP contribution in [-0.4, -0.2) is 207 Å². The molecule has 0 fully saturated rings. The molecule has 0 aliphatic heterocycles. The number of aliphatic hydroxyl groups is 2. The van der Waals surface area contributed by atoms with Crippen LogP contribution in [-0.2, 0) is 146 Å². The predicted octanol–water partition coefficient (Wildman–Crippen LogP) is 5.88. The van der Waals surface area contributed by atoms with E-state index in [-0.39, 0.29) is 165 Å². The summed E-state index contributed by atoms with van der Waals surface area (Å²) in [5.41, 5.74) is 25.1. The summed E-state index contributed by atoms with van der Waals surface area (Å²) in [5.74, 6) is -0.457. The molecule has 50 heteroatoms. The molecule has 1 aliphatic rings. The summed E-state index contributed by atoms with van der Waals surface area (Å²) < 4.78 is 158. The monoisotopic (exact) mass is 2420 g/mol. The molecule has 10 N–H and O–H groups in total. The largest absolute Gasteiger partial charge is 1.00 e. The van der Waals surface area contributed by atoms with Crippen molar-refractivity contribution in [2.75, 3.05) is 72.4 Å². The second kappa shape index (κ2) is 64.9. The van der Waals surface area contributed by atoms with Crippen molar-refractivity contribution in [2.24, 2.45) is 11.5 Å². The van der Waals surface area contributed by atoms with Crippen LogP contribution in [0.4, 0.5) is 0 Å². The smallest absolute Gasteiger partial charge is 1.00 e. The number of aliphatic hydroxyl groups excluding tert-OH is 2. The molecular formula is C98H110B2Br4Cl2Li2N6NaO28S5. The molecule has 3 radical (unpaired) electrons. The van der Waals surface area contributed by atoms with Gasteiger partial charge in [-0.15, -0.1) is 12.4 Å². The molecule has 0 unspecified atom stereocenters. The number of benzene rings is 10. The van der Waals surface area contributed by atoms with Gasteiger partial charge in [0.05, 0.1) is 124 Å². The fourth-order valence-corrected chi connectivity index (χ4v) is 19.4. The minimum absolute atomic E-state index is 0. The first-order valence-corrected chi connectivity index (χ1v) is 55.9. The van der Waals surface area contributed by atoms with E-state index in [2.05, 4.69) is 96.0 Å². The fourth-order valence-electron chi connectivity index (χ4n) is 13.8. The Labute approximate surface area is 956 Å². The van der Waals surface area contributed by atoms with Gasteiger partial charge >= 0.3 is 104 Å². The van der Waals surface area contributed by atoms with Gasteiger partial charge in [-0.1, -0.05) is 173 Å². The first-order valence-electron chi connectivity index (χ1n) is 42.6. The van der Waals surface area contributed by atoms with E-state index >= 15 is 0 Å². The number of fused-ring (bicyclic) bond motifs is 5. The normalized spacial score (nSPS) is 10.9. The predicted molar refractivity (Wildman–Crippen MR) is 581 cm³/mol. The van der Waals surface area contributed by atoms with Crippen molar-refractivity contribution in [3.63, 3.8) is 0 Å². The first-order chi connectivity index (χ1) is 67.1. The number of carbonyl (C=O) groups is 5. The number of allylic oxidation sites excluding steroid dienone is 1. The van der Waals surface area contributed by atoms with Gasteiger partial charge in [-0.05, 0) is 192 Å². The van der Waals surface area contributed by atoms with E-state index in [1.165, 1.54) is 62.6 Å². The third-order valence-electron chi connectivity index (χ3n) is 20.0. The van der Waals surface area contributed by atoms with Gasteiger partial charge in [0, 0.05) is 120 Å². The zero-order valence-corrected chi connectivity index (χ0v) is 97.2. The van der Waals surface area contributed by atoms with Crippen molar-refractivity contribution in [3.05, 3.63) is 322 Å². The Balaban J connectivity index is 0. The van der Waals surface area contributed by atoms with Crippen LogP contribution in [0.25, 0.3) is 60.8 Å². The van der Waals surface area contributed by atoms with E-state index in [0.29, 0.717) is 104 Å². The number of phenolic OH excluding ortho intramolecular Hbond substituents is 1. The van der Waals surface area contributed by atoms with Gasteiger partial charge in [0.2, 0.25) is 49.1 Å². The molecule has 0 saturated carbocycles. The number of rotatable bonds is 26. The number of esters is 5. The zero-order valence-electron chi connectivity index (χ0n) is 85.2. The topological polar surface area (TPSA) is 524 Å². The Bertz CT molecular complexity index is 7510. The van der Waals surface area contributed by atoms with Crippen molar-refractivity contribution in [2.45, 2.75) is 79.4 Å². The van der Waals surface area contributed by atoms with Crippen LogP contribution in [0.5, 0.6) is 17.2 Å². The number of aromatic hydroxyl groups is 1. The molecule has 15 rings (SSSR count). The molecule has 10 aromatic carbocycles. The van der Waals surface area contributed by atoms with Crippen molar-refractivity contribution < 1.29 is 200 Å². The molecule has 4 aromatic heterocycles. The zero-order chi connectivity index (χ0) is 105. The number of methoxy groups -OCH3 is 2. The van der Waals surface area contributed by atoms with Gasteiger partial charge in [-0.3, -0.25) is 14.4 Å². The number of nitrogens with zero attached hydrogens (tertiary/aromatic N) is 4. The molecule has 0 amide bonds. The minimum atomic E-state index is -3.50. The van der Waals surface area contributed by atoms with Gasteiger partial charge in [0.25, 0.3) is 0 Å². The summed E-state index contributed by atoms with van der Waals surface area (Å²) in [7, 11) is -10.1. The van der Waals surface area contributed by atoms with Gasteiger partial charge in [-0.2, -0.15) is 0 Å². The summed E-state index contributed by atoms with van der Waals surface area (Å²) in [6.07, 6.45) is 16.9. The molecule has 1 aliphatic carbocycles. The van der Waals surface area contributed by atoms with Crippen LogP contribution < -0.4 is 93.7 Å². The number of hydrogen-bond donors (Lipinski definition) is 7. The number of aromatic nitrogens is 4. The molecule has 14 aromatic rings. The van der Waals surface area contributed by atoms with E-state index in [9.17, 15) is 71.2 Å². The average Bonchev–Trinajstić information content (AvgIpc) is 1.60. The third kappa shape index (κ3) is 41.6. The number of para-hydroxylation sites is 3. The van der Waals surface area contributed by atoms with E-state index in [1.807, 2.05) is 91.0 Å². The van der Waals surface area contributed by atoms with Crippen molar-refractivity contribution in [3.8, 4) is 28.4 Å². The number of hydrogen-bond acceptors (Lipinski definition) is 30. The summed E-state index contributed by atoms with van der Waals surface area (Å²) >= 11 is 13.6. The summed E-state index contributed by atoms with van der Waals surface area (Å²) in [4.78, 5) is 57.6. The van der Waals surface area contributed by atoms with Gasteiger partial charge in [0.1, 0.15) is 30.5 Å². The first kappa shape index (κ1) is 137. The van der Waals surface area contributed by atoms with Gasteiger partial charge in [-0.25, -0.2) is 67.6 Å². The quantitative estimate of drug-likeness (QED) is 0.0144. The van der Waals surface area contributed by atoms with E-state index in [1.54, 1.807) is 136 Å². The molecule has 0 atom stereocenters. The molecule has 0 spiro atoms. The van der Waals surface area contributed by atoms with Gasteiger partial charge in [0.15, 0.2) is 0 Å². The Kier molecular flexibility index (Phi) is 60.1. The van der Waals surface area contributed by atoms with Crippen LogP contribution in [0.3, 0.4) is 0 Å². The molecule has 0 saturated heterocycles. The summed E-state index contributed by atoms with van der Waals surface area (Å²) in [6.45, 7) is 7.41. The SMILES string of the molecule is CCOC(=O)Cc1ccccc1O.CCOC(=O)Cc1ccccc1OCc1cc(-c2cccc(CN)c2)c2ccn(S(C)(=O)=O)c2c1.CCOC(=O)Cc1ccccc1OCc1cc(Br)c2ccn(S(C)(=O)=O)c2c1.CO.COC(=O)c1cc(Br)c2c(c1)CC=C2.COC(=O)c1cc(Br)c2ccn(S(C)(=O)=O)c2c1.CS(=O)(=O)Cl.CS(=O)(=O)n1ccc2c(Br)cc(CO)cc21.Cl.NCc1cccc(B(O)O)c1.[B].[H-].[H-].[Li+].[Li+].[Na+].[OH-]. The Morgan fingerprint density at radius 2 is 0.804 bits per heavy atom. The number of phenols is 1. The van der Waals surface area contributed by atoms with Crippen molar-refractivity contribution in [1.29, 1.82) is 0 Å². The number of nitrogens with two attached hydrogens (primary N) is 2. The number of carbonyl (C=O) groups excluding carboxylic acids is 5.